The first-order chi connectivity index (χ1) is 14.9. The Labute approximate surface area is 180 Å². The number of anilines is 1. The van der Waals surface area contributed by atoms with Crippen LogP contribution in [0.1, 0.15) is 35.5 Å². The van der Waals surface area contributed by atoms with Crippen LogP contribution in [-0.2, 0) is 11.3 Å². The minimum absolute atomic E-state index is 0.0498. The van der Waals surface area contributed by atoms with Crippen LogP contribution in [0, 0.1) is 12.7 Å². The minimum atomic E-state index is -0.303. The van der Waals surface area contributed by atoms with Crippen molar-refractivity contribution in [3.63, 3.8) is 0 Å². The molecule has 1 aromatic heterocycles. The van der Waals surface area contributed by atoms with Crippen molar-refractivity contribution in [3.05, 3.63) is 59.1 Å². The van der Waals surface area contributed by atoms with Crippen LogP contribution in [0.3, 0.4) is 0 Å². The molecular formula is C24H27FN2O4. The van der Waals surface area contributed by atoms with E-state index in [1.165, 1.54) is 6.07 Å². The van der Waals surface area contributed by atoms with Gasteiger partial charge in [-0.1, -0.05) is 6.07 Å². The van der Waals surface area contributed by atoms with Gasteiger partial charge in [-0.25, -0.2) is 4.39 Å². The van der Waals surface area contributed by atoms with Crippen molar-refractivity contribution in [2.24, 2.45) is 0 Å². The summed E-state index contributed by atoms with van der Waals surface area (Å²) in [5.74, 6) is 0.595. The molecule has 4 rings (SSSR count). The summed E-state index contributed by atoms with van der Waals surface area (Å²) >= 11 is 0. The molecule has 7 heteroatoms. The van der Waals surface area contributed by atoms with Gasteiger partial charge in [-0.2, -0.15) is 0 Å². The molecule has 0 bridgehead atoms. The number of carbonyl (C=O) groups excluding carboxylic acids is 1. The van der Waals surface area contributed by atoms with Crippen LogP contribution in [-0.4, -0.2) is 38.3 Å². The Morgan fingerprint density at radius 2 is 1.94 bits per heavy atom. The number of aryl methyl sites for hydroxylation is 1. The molecule has 1 saturated heterocycles. The van der Waals surface area contributed by atoms with Gasteiger partial charge >= 0.3 is 0 Å². The number of nitrogens with zero attached hydrogens (tertiary/aromatic N) is 1. The molecule has 0 spiro atoms. The zero-order chi connectivity index (χ0) is 22.1. The third kappa shape index (κ3) is 4.37. The summed E-state index contributed by atoms with van der Waals surface area (Å²) in [7, 11) is 1.57. The largest absolute Gasteiger partial charge is 0.497 e. The second kappa shape index (κ2) is 8.59. The van der Waals surface area contributed by atoms with E-state index in [9.17, 15) is 9.18 Å². The second-order valence-electron chi connectivity index (χ2n) is 8.03. The minimum Gasteiger partial charge on any atom is -0.497 e. The van der Waals surface area contributed by atoms with E-state index in [-0.39, 0.29) is 30.5 Å². The Hall–Kier alpha value is -3.06. The van der Waals surface area contributed by atoms with Crippen LogP contribution in [0.4, 0.5) is 10.1 Å². The summed E-state index contributed by atoms with van der Waals surface area (Å²) in [5, 5.41) is 3.56. The van der Waals surface area contributed by atoms with E-state index in [2.05, 4.69) is 5.32 Å². The van der Waals surface area contributed by atoms with Crippen molar-refractivity contribution in [2.75, 3.05) is 25.1 Å². The summed E-state index contributed by atoms with van der Waals surface area (Å²) in [4.78, 5) is 14.9. The molecule has 0 aliphatic carbocycles. The van der Waals surface area contributed by atoms with Crippen LogP contribution in [0.15, 0.2) is 40.8 Å². The lowest BCUT2D eigenvalue weighted by Gasteiger charge is -2.37. The molecule has 0 saturated carbocycles. The lowest BCUT2D eigenvalue weighted by atomic mass is 10.1. The number of furan rings is 1. The smallest absolute Gasteiger partial charge is 0.255 e. The number of hydrogen-bond donors (Lipinski definition) is 1. The number of ether oxygens (including phenoxy) is 2. The standard InChI is InChI=1S/C24H27FN2O4/c1-14-12-27(13-15(2)30-14)21-7-5-17(9-20(21)25)11-26-24(28)23-16(3)31-22-8-6-18(29-4)10-19(22)23/h5-10,14-15H,11-13H2,1-4H3,(H,26,28)/t14-,15-/m0/s1. The SMILES string of the molecule is COc1ccc2oc(C)c(C(=O)NCc3ccc(N4C[C@H](C)O[C@@H](C)C4)c(F)c3)c2c1. The third-order valence-electron chi connectivity index (χ3n) is 5.52. The lowest BCUT2D eigenvalue weighted by Crippen LogP contribution is -2.45. The average molecular weight is 426 g/mol. The van der Waals surface area contributed by atoms with Gasteiger partial charge in [0.2, 0.25) is 0 Å². The van der Waals surface area contributed by atoms with Crippen LogP contribution in [0.5, 0.6) is 5.75 Å². The third-order valence-corrected chi connectivity index (χ3v) is 5.52. The molecule has 6 nitrogen and oxygen atoms in total. The van der Waals surface area contributed by atoms with Gasteiger partial charge in [-0.05, 0) is 56.7 Å². The predicted molar refractivity (Wildman–Crippen MR) is 117 cm³/mol. The number of fused-ring (bicyclic) bond motifs is 1. The molecule has 2 heterocycles. The number of amides is 1. The van der Waals surface area contributed by atoms with Gasteiger partial charge in [0.1, 0.15) is 22.9 Å². The first-order valence-corrected chi connectivity index (χ1v) is 10.4. The molecule has 1 fully saturated rings. The van der Waals surface area contributed by atoms with Gasteiger partial charge in [0.05, 0.1) is 30.6 Å². The topological polar surface area (TPSA) is 63.9 Å². The van der Waals surface area contributed by atoms with E-state index >= 15 is 0 Å². The number of hydrogen-bond acceptors (Lipinski definition) is 5. The zero-order valence-electron chi connectivity index (χ0n) is 18.2. The number of nitrogens with one attached hydrogen (secondary N) is 1. The number of benzene rings is 2. The van der Waals surface area contributed by atoms with Gasteiger partial charge < -0.3 is 24.1 Å². The van der Waals surface area contributed by atoms with Gasteiger partial charge in [-0.3, -0.25) is 4.79 Å². The maximum absolute atomic E-state index is 14.8. The number of morpholine rings is 1. The summed E-state index contributed by atoms with van der Waals surface area (Å²) in [6.07, 6.45) is 0.0996. The quantitative estimate of drug-likeness (QED) is 0.654. The molecule has 2 aromatic carbocycles. The van der Waals surface area contributed by atoms with Crippen LogP contribution in [0.2, 0.25) is 0 Å². The van der Waals surface area contributed by atoms with Crippen LogP contribution < -0.4 is 15.0 Å². The first-order valence-electron chi connectivity index (χ1n) is 10.4. The molecule has 164 valence electrons. The molecule has 1 aliphatic rings. The van der Waals surface area contributed by atoms with Crippen molar-refractivity contribution < 1.29 is 23.1 Å². The van der Waals surface area contributed by atoms with E-state index in [1.807, 2.05) is 24.8 Å². The van der Waals surface area contributed by atoms with Crippen molar-refractivity contribution in [3.8, 4) is 5.75 Å². The van der Waals surface area contributed by atoms with E-state index < -0.39 is 0 Å². The van der Waals surface area contributed by atoms with Crippen molar-refractivity contribution in [1.82, 2.24) is 5.32 Å². The number of carbonyl (C=O) groups is 1. The maximum atomic E-state index is 14.8. The van der Waals surface area contributed by atoms with Gasteiger partial charge in [0, 0.05) is 25.0 Å². The summed E-state index contributed by atoms with van der Waals surface area (Å²) < 4.78 is 31.5. The highest BCUT2D eigenvalue weighted by atomic mass is 19.1. The van der Waals surface area contributed by atoms with E-state index in [1.54, 1.807) is 38.3 Å². The van der Waals surface area contributed by atoms with Crippen molar-refractivity contribution in [2.45, 2.75) is 39.5 Å². The maximum Gasteiger partial charge on any atom is 0.255 e. The van der Waals surface area contributed by atoms with Gasteiger partial charge in [0.25, 0.3) is 5.91 Å². The fourth-order valence-corrected chi connectivity index (χ4v) is 4.17. The Morgan fingerprint density at radius 3 is 2.61 bits per heavy atom. The first kappa shape index (κ1) is 21.2. The normalized spacial score (nSPS) is 18.9. The summed E-state index contributed by atoms with van der Waals surface area (Å²) in [5.41, 5.74) is 2.32. The number of rotatable bonds is 5. The summed E-state index contributed by atoms with van der Waals surface area (Å²) in [6, 6.07) is 10.4. The molecule has 0 radical (unpaired) electrons. The zero-order valence-corrected chi connectivity index (χ0v) is 18.2. The van der Waals surface area contributed by atoms with E-state index in [4.69, 9.17) is 13.9 Å². The highest BCUT2D eigenvalue weighted by Crippen LogP contribution is 2.29. The van der Waals surface area contributed by atoms with Gasteiger partial charge in [0.15, 0.2) is 0 Å². The molecule has 1 amide bonds. The number of methoxy groups -OCH3 is 1. The molecule has 1 aliphatic heterocycles. The Bertz CT molecular complexity index is 1100. The highest BCUT2D eigenvalue weighted by molar-refractivity contribution is 6.07. The molecule has 2 atom stereocenters. The molecule has 0 unspecified atom stereocenters. The van der Waals surface area contributed by atoms with Crippen molar-refractivity contribution >= 4 is 22.6 Å². The van der Waals surface area contributed by atoms with Crippen molar-refractivity contribution in [1.29, 1.82) is 0 Å². The summed E-state index contributed by atoms with van der Waals surface area (Å²) in [6.45, 7) is 7.23. The Morgan fingerprint density at radius 1 is 1.19 bits per heavy atom. The Kier molecular flexibility index (Phi) is 5.87. The molecule has 3 aromatic rings. The molecule has 31 heavy (non-hydrogen) atoms. The predicted octanol–water partition coefficient (Wildman–Crippen LogP) is 4.43. The average Bonchev–Trinajstić information content (AvgIpc) is 3.06. The molecular weight excluding hydrogens is 399 g/mol. The van der Waals surface area contributed by atoms with Crippen LogP contribution >= 0.6 is 0 Å². The Balaban J connectivity index is 1.48. The van der Waals surface area contributed by atoms with E-state index in [0.29, 0.717) is 52.4 Å². The number of halogens is 1. The lowest BCUT2D eigenvalue weighted by molar-refractivity contribution is -0.00539. The van der Waals surface area contributed by atoms with Crippen LogP contribution in [0.25, 0.3) is 11.0 Å². The fourth-order valence-electron chi connectivity index (χ4n) is 4.17. The van der Waals surface area contributed by atoms with E-state index in [0.717, 1.165) is 0 Å². The monoisotopic (exact) mass is 426 g/mol. The molecule has 1 N–H and O–H groups in total. The van der Waals surface area contributed by atoms with Gasteiger partial charge in [-0.15, -0.1) is 0 Å². The fraction of sp³-hybridized carbons (Fsp3) is 0.375. The second-order valence-corrected chi connectivity index (χ2v) is 8.03. The highest BCUT2D eigenvalue weighted by Gasteiger charge is 2.24.